The molecule has 3 aromatic rings. The highest BCUT2D eigenvalue weighted by Crippen LogP contribution is 2.27. The molecular formula is C22H18ClNO2. The SMILES string of the molecule is O=C(CCC(=O)c1ccc(Cl)cc1)Nc1ccccc1-c1ccccc1. The third-order valence-corrected chi connectivity index (χ3v) is 4.28. The third kappa shape index (κ3) is 4.58. The van der Waals surface area contributed by atoms with E-state index in [4.69, 9.17) is 11.6 Å². The summed E-state index contributed by atoms with van der Waals surface area (Å²) in [5, 5.41) is 3.49. The Hall–Kier alpha value is -2.91. The summed E-state index contributed by atoms with van der Waals surface area (Å²) in [4.78, 5) is 24.5. The maximum Gasteiger partial charge on any atom is 0.224 e. The molecular weight excluding hydrogens is 346 g/mol. The lowest BCUT2D eigenvalue weighted by molar-refractivity contribution is -0.116. The van der Waals surface area contributed by atoms with E-state index in [0.29, 0.717) is 10.6 Å². The summed E-state index contributed by atoms with van der Waals surface area (Å²) < 4.78 is 0. The van der Waals surface area contributed by atoms with E-state index in [1.807, 2.05) is 54.6 Å². The lowest BCUT2D eigenvalue weighted by Gasteiger charge is -2.11. The molecule has 0 saturated carbocycles. The Balaban J connectivity index is 1.64. The second kappa shape index (κ2) is 8.45. The molecule has 3 nitrogen and oxygen atoms in total. The number of amides is 1. The maximum atomic E-state index is 12.3. The number of ketones is 1. The number of nitrogens with one attached hydrogen (secondary N) is 1. The second-order valence-corrected chi connectivity index (χ2v) is 6.33. The molecule has 1 amide bonds. The van der Waals surface area contributed by atoms with Crippen molar-refractivity contribution in [2.45, 2.75) is 12.8 Å². The van der Waals surface area contributed by atoms with Crippen molar-refractivity contribution >= 4 is 29.0 Å². The summed E-state index contributed by atoms with van der Waals surface area (Å²) in [6.07, 6.45) is 0.283. The average Bonchev–Trinajstić information content (AvgIpc) is 2.68. The van der Waals surface area contributed by atoms with Crippen LogP contribution in [0.25, 0.3) is 11.1 Å². The van der Waals surface area contributed by atoms with Crippen molar-refractivity contribution in [3.8, 4) is 11.1 Å². The van der Waals surface area contributed by atoms with E-state index >= 15 is 0 Å². The van der Waals surface area contributed by atoms with Crippen molar-refractivity contribution in [2.24, 2.45) is 0 Å². The first-order valence-electron chi connectivity index (χ1n) is 8.36. The molecule has 0 aliphatic heterocycles. The van der Waals surface area contributed by atoms with Crippen LogP contribution in [0.3, 0.4) is 0 Å². The predicted octanol–water partition coefficient (Wildman–Crippen LogP) is 5.61. The molecule has 0 aliphatic carbocycles. The van der Waals surface area contributed by atoms with Crippen LogP contribution in [0.15, 0.2) is 78.9 Å². The van der Waals surface area contributed by atoms with Gasteiger partial charge in [0.15, 0.2) is 5.78 Å². The highest BCUT2D eigenvalue weighted by Gasteiger charge is 2.11. The van der Waals surface area contributed by atoms with Gasteiger partial charge in [0.2, 0.25) is 5.91 Å². The molecule has 0 aromatic heterocycles. The predicted molar refractivity (Wildman–Crippen MR) is 106 cm³/mol. The molecule has 0 bridgehead atoms. The molecule has 0 radical (unpaired) electrons. The van der Waals surface area contributed by atoms with Gasteiger partial charge in [-0.25, -0.2) is 0 Å². The molecule has 3 rings (SSSR count). The number of carbonyl (C=O) groups is 2. The fourth-order valence-corrected chi connectivity index (χ4v) is 2.81. The average molecular weight is 364 g/mol. The quantitative estimate of drug-likeness (QED) is 0.578. The third-order valence-electron chi connectivity index (χ3n) is 4.03. The fourth-order valence-electron chi connectivity index (χ4n) is 2.68. The molecule has 0 heterocycles. The van der Waals surface area contributed by atoms with Gasteiger partial charge in [-0.2, -0.15) is 0 Å². The zero-order valence-electron chi connectivity index (χ0n) is 14.1. The van der Waals surface area contributed by atoms with E-state index in [1.54, 1.807) is 24.3 Å². The van der Waals surface area contributed by atoms with Crippen molar-refractivity contribution in [1.82, 2.24) is 0 Å². The van der Waals surface area contributed by atoms with Crippen LogP contribution in [0.4, 0.5) is 5.69 Å². The van der Waals surface area contributed by atoms with Crippen LogP contribution >= 0.6 is 11.6 Å². The number of hydrogen-bond donors (Lipinski definition) is 1. The van der Waals surface area contributed by atoms with Gasteiger partial charge in [0.05, 0.1) is 0 Å². The summed E-state index contributed by atoms with van der Waals surface area (Å²) in [6.45, 7) is 0. The van der Waals surface area contributed by atoms with E-state index in [1.165, 1.54) is 0 Å². The molecule has 0 fully saturated rings. The van der Waals surface area contributed by atoms with Crippen LogP contribution in [0.1, 0.15) is 23.2 Å². The second-order valence-electron chi connectivity index (χ2n) is 5.89. The molecule has 0 spiro atoms. The van der Waals surface area contributed by atoms with Crippen LogP contribution in [-0.4, -0.2) is 11.7 Å². The van der Waals surface area contributed by atoms with Gasteiger partial charge in [-0.3, -0.25) is 9.59 Å². The summed E-state index contributed by atoms with van der Waals surface area (Å²) >= 11 is 5.82. The smallest absolute Gasteiger partial charge is 0.224 e. The number of halogens is 1. The minimum atomic E-state index is -0.185. The van der Waals surface area contributed by atoms with Gasteiger partial charge in [-0.15, -0.1) is 0 Å². The van der Waals surface area contributed by atoms with E-state index in [9.17, 15) is 9.59 Å². The van der Waals surface area contributed by atoms with Gasteiger partial charge in [0, 0.05) is 34.7 Å². The van der Waals surface area contributed by atoms with Gasteiger partial charge >= 0.3 is 0 Å². The normalized spacial score (nSPS) is 10.3. The highest BCUT2D eigenvalue weighted by molar-refractivity contribution is 6.30. The summed E-state index contributed by atoms with van der Waals surface area (Å²) in [5.74, 6) is -0.260. The Morgan fingerprint density at radius 2 is 1.42 bits per heavy atom. The Labute approximate surface area is 157 Å². The van der Waals surface area contributed by atoms with Gasteiger partial charge < -0.3 is 5.32 Å². The number of benzene rings is 3. The maximum absolute atomic E-state index is 12.3. The molecule has 4 heteroatoms. The molecule has 1 N–H and O–H groups in total. The number of carbonyl (C=O) groups excluding carboxylic acids is 2. The number of hydrogen-bond acceptors (Lipinski definition) is 2. The van der Waals surface area contributed by atoms with Crippen molar-refractivity contribution in [2.75, 3.05) is 5.32 Å². The van der Waals surface area contributed by atoms with E-state index in [2.05, 4.69) is 5.32 Å². The first kappa shape index (κ1) is 17.9. The summed E-state index contributed by atoms with van der Waals surface area (Å²) in [7, 11) is 0. The summed E-state index contributed by atoms with van der Waals surface area (Å²) in [6, 6.07) is 24.2. The van der Waals surface area contributed by atoms with Crippen LogP contribution in [0, 0.1) is 0 Å². The van der Waals surface area contributed by atoms with Crippen molar-refractivity contribution in [3.05, 3.63) is 89.4 Å². The molecule has 0 unspecified atom stereocenters. The van der Waals surface area contributed by atoms with Gasteiger partial charge in [-0.1, -0.05) is 60.1 Å². The van der Waals surface area contributed by atoms with E-state index in [0.717, 1.165) is 16.8 Å². The van der Waals surface area contributed by atoms with Crippen molar-refractivity contribution in [1.29, 1.82) is 0 Å². The molecule has 0 saturated heterocycles. The molecule has 0 atom stereocenters. The van der Waals surface area contributed by atoms with Crippen LogP contribution in [0.5, 0.6) is 0 Å². The van der Waals surface area contributed by atoms with E-state index < -0.39 is 0 Å². The lowest BCUT2D eigenvalue weighted by Crippen LogP contribution is -2.14. The fraction of sp³-hybridized carbons (Fsp3) is 0.0909. The Morgan fingerprint density at radius 3 is 2.15 bits per heavy atom. The van der Waals surface area contributed by atoms with Gasteiger partial charge in [0.25, 0.3) is 0 Å². The Bertz CT molecular complexity index is 905. The first-order valence-corrected chi connectivity index (χ1v) is 8.74. The molecule has 26 heavy (non-hydrogen) atoms. The van der Waals surface area contributed by atoms with Gasteiger partial charge in [0.1, 0.15) is 0 Å². The van der Waals surface area contributed by atoms with Crippen molar-refractivity contribution < 1.29 is 9.59 Å². The minimum Gasteiger partial charge on any atom is -0.326 e. The van der Waals surface area contributed by atoms with Crippen LogP contribution in [0.2, 0.25) is 5.02 Å². The largest absolute Gasteiger partial charge is 0.326 e. The van der Waals surface area contributed by atoms with Gasteiger partial charge in [-0.05, 0) is 35.9 Å². The molecule has 3 aromatic carbocycles. The highest BCUT2D eigenvalue weighted by atomic mass is 35.5. The zero-order chi connectivity index (χ0) is 18.4. The zero-order valence-corrected chi connectivity index (χ0v) is 14.9. The topological polar surface area (TPSA) is 46.2 Å². The van der Waals surface area contributed by atoms with Crippen LogP contribution in [-0.2, 0) is 4.79 Å². The van der Waals surface area contributed by atoms with E-state index in [-0.39, 0.29) is 24.5 Å². The van der Waals surface area contributed by atoms with Crippen LogP contribution < -0.4 is 5.32 Å². The Kier molecular flexibility index (Phi) is 5.82. The minimum absolute atomic E-state index is 0.0758. The standard InChI is InChI=1S/C22H18ClNO2/c23-18-12-10-17(11-13-18)21(25)14-15-22(26)24-20-9-5-4-8-19(20)16-6-2-1-3-7-16/h1-13H,14-15H2,(H,24,26). The molecule has 130 valence electrons. The first-order chi connectivity index (χ1) is 12.6. The number of Topliss-reactive ketones (excluding diaryl/α,β-unsaturated/α-hetero) is 1. The number of anilines is 1. The summed E-state index contributed by atoms with van der Waals surface area (Å²) in [5.41, 5.74) is 3.28. The molecule has 0 aliphatic rings. The van der Waals surface area contributed by atoms with Crippen molar-refractivity contribution in [3.63, 3.8) is 0 Å². The number of para-hydroxylation sites is 1. The number of rotatable bonds is 6. The lowest BCUT2D eigenvalue weighted by atomic mass is 10.0. The monoisotopic (exact) mass is 363 g/mol. The Morgan fingerprint density at radius 1 is 0.769 bits per heavy atom.